The summed E-state index contributed by atoms with van der Waals surface area (Å²) < 4.78 is 22.8. The Morgan fingerprint density at radius 2 is 1.40 bits per heavy atom. The van der Waals surface area contributed by atoms with E-state index in [9.17, 15) is 8.42 Å². The van der Waals surface area contributed by atoms with Gasteiger partial charge >= 0.3 is 0 Å². The van der Waals surface area contributed by atoms with Crippen LogP contribution in [0.15, 0.2) is 35.2 Å². The molecule has 0 amide bonds. The van der Waals surface area contributed by atoms with Gasteiger partial charge in [-0.3, -0.25) is 0 Å². The zero-order chi connectivity index (χ0) is 15.1. The lowest BCUT2D eigenvalue weighted by Crippen LogP contribution is -1.96. The van der Waals surface area contributed by atoms with Gasteiger partial charge < -0.3 is 0 Å². The highest BCUT2D eigenvalue weighted by Crippen LogP contribution is 2.42. The van der Waals surface area contributed by atoms with Crippen LogP contribution in [-0.2, 0) is 9.84 Å². The maximum absolute atomic E-state index is 11.4. The Kier molecular flexibility index (Phi) is 4.57. The summed E-state index contributed by atoms with van der Waals surface area (Å²) in [5.41, 5.74) is 1.29. The van der Waals surface area contributed by atoms with E-state index in [4.69, 9.17) is 46.4 Å². The summed E-state index contributed by atoms with van der Waals surface area (Å²) in [6, 6.07) is 7.86. The van der Waals surface area contributed by atoms with Gasteiger partial charge in [0, 0.05) is 11.8 Å². The summed E-state index contributed by atoms with van der Waals surface area (Å²) in [6.07, 6.45) is 1.14. The van der Waals surface area contributed by atoms with Gasteiger partial charge in [0.05, 0.1) is 25.0 Å². The van der Waals surface area contributed by atoms with Crippen molar-refractivity contribution in [1.82, 2.24) is 0 Å². The molecule has 0 fully saturated rings. The highest BCUT2D eigenvalue weighted by molar-refractivity contribution is 7.90. The predicted molar refractivity (Wildman–Crippen MR) is 85.0 cm³/mol. The first kappa shape index (κ1) is 15.9. The molecule has 0 aliphatic carbocycles. The van der Waals surface area contributed by atoms with Gasteiger partial charge in [0.15, 0.2) is 9.84 Å². The Morgan fingerprint density at radius 3 is 1.90 bits per heavy atom. The van der Waals surface area contributed by atoms with E-state index >= 15 is 0 Å². The average Bonchev–Trinajstić information content (AvgIpc) is 2.40. The predicted octanol–water partition coefficient (Wildman–Crippen LogP) is 5.37. The Labute approximate surface area is 137 Å². The molecule has 0 aliphatic heterocycles. The molecule has 0 aliphatic rings. The van der Waals surface area contributed by atoms with Gasteiger partial charge in [0.25, 0.3) is 0 Å². The molecule has 0 saturated heterocycles. The molecule has 0 saturated carbocycles. The van der Waals surface area contributed by atoms with Gasteiger partial charge in [0.2, 0.25) is 0 Å². The fourth-order valence-corrected chi connectivity index (χ4v) is 3.21. The average molecular weight is 370 g/mol. The van der Waals surface area contributed by atoms with Crippen LogP contribution < -0.4 is 0 Å². The fourth-order valence-electron chi connectivity index (χ4n) is 1.66. The van der Waals surface area contributed by atoms with Crippen molar-refractivity contribution in [2.24, 2.45) is 0 Å². The summed E-state index contributed by atoms with van der Waals surface area (Å²) in [7, 11) is -3.24. The molecule has 0 spiro atoms. The lowest BCUT2D eigenvalue weighted by Gasteiger charge is -2.10. The van der Waals surface area contributed by atoms with Crippen molar-refractivity contribution in [1.29, 1.82) is 0 Å². The second-order valence-corrected chi connectivity index (χ2v) is 7.70. The van der Waals surface area contributed by atoms with Gasteiger partial charge in [-0.05, 0) is 23.8 Å². The number of benzene rings is 2. The molecule has 2 aromatic carbocycles. The van der Waals surface area contributed by atoms with E-state index in [0.717, 1.165) is 6.26 Å². The first-order chi connectivity index (χ1) is 9.21. The minimum atomic E-state index is -3.24. The lowest BCUT2D eigenvalue weighted by molar-refractivity contribution is 0.602. The third kappa shape index (κ3) is 3.07. The van der Waals surface area contributed by atoms with Crippen molar-refractivity contribution in [3.05, 3.63) is 50.4 Å². The van der Waals surface area contributed by atoms with Gasteiger partial charge in [-0.15, -0.1) is 0 Å². The molecule has 0 atom stereocenters. The molecule has 0 aromatic heterocycles. The van der Waals surface area contributed by atoms with Crippen LogP contribution in [0.3, 0.4) is 0 Å². The van der Waals surface area contributed by atoms with Crippen molar-refractivity contribution in [2.45, 2.75) is 4.90 Å². The summed E-state index contributed by atoms with van der Waals surface area (Å²) in [4.78, 5) is 0.225. The van der Waals surface area contributed by atoms with Gasteiger partial charge in [-0.1, -0.05) is 58.5 Å². The van der Waals surface area contributed by atoms with Gasteiger partial charge in [-0.25, -0.2) is 8.42 Å². The summed E-state index contributed by atoms with van der Waals surface area (Å²) in [5.74, 6) is 0. The number of rotatable bonds is 2. The number of hydrogen-bond acceptors (Lipinski definition) is 2. The van der Waals surface area contributed by atoms with Crippen LogP contribution in [-0.4, -0.2) is 14.7 Å². The molecule has 0 N–H and O–H groups in total. The first-order valence-electron chi connectivity index (χ1n) is 5.35. The van der Waals surface area contributed by atoms with Crippen molar-refractivity contribution in [3.63, 3.8) is 0 Å². The number of hydrogen-bond donors (Lipinski definition) is 0. The molecule has 7 heteroatoms. The standard InChI is InChI=1S/C13H8Cl4O2S/c1-20(18,19)8-4-2-7(3-5-8)9-6-10(14)12(16)13(17)11(9)15/h2-6H,1H3. The summed E-state index contributed by atoms with van der Waals surface area (Å²) in [6.45, 7) is 0. The zero-order valence-corrected chi connectivity index (χ0v) is 14.0. The van der Waals surface area contributed by atoms with Gasteiger partial charge in [-0.2, -0.15) is 0 Å². The van der Waals surface area contributed by atoms with Crippen molar-refractivity contribution in [3.8, 4) is 11.1 Å². The third-order valence-electron chi connectivity index (χ3n) is 2.70. The molecule has 0 bridgehead atoms. The SMILES string of the molecule is CS(=O)(=O)c1ccc(-c2cc(Cl)c(Cl)c(Cl)c2Cl)cc1. The quantitative estimate of drug-likeness (QED) is 0.526. The summed E-state index contributed by atoms with van der Waals surface area (Å²) in [5, 5.41) is 0.911. The molecule has 2 rings (SSSR count). The monoisotopic (exact) mass is 368 g/mol. The van der Waals surface area contributed by atoms with E-state index in [1.807, 2.05) is 0 Å². The molecule has 20 heavy (non-hydrogen) atoms. The molecule has 0 unspecified atom stereocenters. The van der Waals surface area contributed by atoms with E-state index in [-0.39, 0.29) is 25.0 Å². The molecular weight excluding hydrogens is 362 g/mol. The van der Waals surface area contributed by atoms with Crippen LogP contribution in [0.4, 0.5) is 0 Å². The minimum absolute atomic E-state index is 0.169. The highest BCUT2D eigenvalue weighted by atomic mass is 35.5. The van der Waals surface area contributed by atoms with Crippen molar-refractivity contribution < 1.29 is 8.42 Å². The van der Waals surface area contributed by atoms with Crippen molar-refractivity contribution >= 4 is 56.2 Å². The second-order valence-electron chi connectivity index (χ2n) is 4.14. The van der Waals surface area contributed by atoms with Crippen LogP contribution in [0.5, 0.6) is 0 Å². The highest BCUT2D eigenvalue weighted by Gasteiger charge is 2.15. The Morgan fingerprint density at radius 1 is 0.850 bits per heavy atom. The van der Waals surface area contributed by atoms with Crippen molar-refractivity contribution in [2.75, 3.05) is 6.26 Å². The lowest BCUT2D eigenvalue weighted by atomic mass is 10.1. The zero-order valence-electron chi connectivity index (χ0n) is 10.1. The minimum Gasteiger partial charge on any atom is -0.224 e. The van der Waals surface area contributed by atoms with Crippen LogP contribution in [0.1, 0.15) is 0 Å². The van der Waals surface area contributed by atoms with Crippen LogP contribution in [0, 0.1) is 0 Å². The van der Waals surface area contributed by atoms with Gasteiger partial charge in [0.1, 0.15) is 0 Å². The van der Waals surface area contributed by atoms with E-state index in [1.54, 1.807) is 18.2 Å². The largest absolute Gasteiger partial charge is 0.224 e. The maximum Gasteiger partial charge on any atom is 0.175 e. The Balaban J connectivity index is 2.58. The number of sulfone groups is 1. The van der Waals surface area contributed by atoms with Crippen LogP contribution >= 0.6 is 46.4 Å². The van der Waals surface area contributed by atoms with E-state index in [0.29, 0.717) is 11.1 Å². The van der Waals surface area contributed by atoms with E-state index < -0.39 is 9.84 Å². The van der Waals surface area contributed by atoms with E-state index in [2.05, 4.69) is 0 Å². The topological polar surface area (TPSA) is 34.1 Å². The fraction of sp³-hybridized carbons (Fsp3) is 0.0769. The molecular formula is C13H8Cl4O2S. The number of halogens is 4. The Hall–Kier alpha value is -0.450. The first-order valence-corrected chi connectivity index (χ1v) is 8.75. The molecule has 106 valence electrons. The summed E-state index contributed by atoms with van der Waals surface area (Å²) >= 11 is 24.0. The Bertz CT molecular complexity index is 768. The third-order valence-corrected chi connectivity index (χ3v) is 5.58. The van der Waals surface area contributed by atoms with Crippen LogP contribution in [0.25, 0.3) is 11.1 Å². The molecule has 0 heterocycles. The van der Waals surface area contributed by atoms with Crippen LogP contribution in [0.2, 0.25) is 20.1 Å². The molecule has 2 aromatic rings. The maximum atomic E-state index is 11.4. The normalized spacial score (nSPS) is 11.7. The molecule has 0 radical (unpaired) electrons. The van der Waals surface area contributed by atoms with E-state index in [1.165, 1.54) is 12.1 Å². The molecule has 2 nitrogen and oxygen atoms in total. The smallest absolute Gasteiger partial charge is 0.175 e. The second kappa shape index (κ2) is 5.74.